The molecule has 0 rings (SSSR count). The molecule has 0 bridgehead atoms. The largest absolute Gasteiger partial charge is 0.438 e. The summed E-state index contributed by atoms with van der Waals surface area (Å²) in [7, 11) is 1.81. The molecule has 1 unspecified atom stereocenters. The molecule has 0 aliphatic rings. The van der Waals surface area contributed by atoms with Crippen LogP contribution in [0.4, 0.5) is 0 Å². The highest BCUT2D eigenvalue weighted by molar-refractivity contribution is 6.52. The summed E-state index contributed by atoms with van der Waals surface area (Å²) in [5, 5.41) is 0. The second-order valence-corrected chi connectivity index (χ2v) is 6.09. The monoisotopic (exact) mass is 212 g/mol. The first-order valence-corrected chi connectivity index (χ1v) is 6.23. The Labute approximate surface area is 97.1 Å². The minimum atomic E-state index is 0.304. The third kappa shape index (κ3) is 3.24. The smallest absolute Gasteiger partial charge is 0.292 e. The highest BCUT2D eigenvalue weighted by atomic mass is 16.4. The lowest BCUT2D eigenvalue weighted by molar-refractivity contribution is 0.0866. The summed E-state index contributed by atoms with van der Waals surface area (Å²) in [6, 6.07) is 0. The van der Waals surface area contributed by atoms with E-state index in [9.17, 15) is 0 Å². The Hall–Kier alpha value is 0.0249. The molecule has 0 heterocycles. The van der Waals surface area contributed by atoms with Gasteiger partial charge in [-0.05, 0) is 23.1 Å². The van der Waals surface area contributed by atoms with Gasteiger partial charge in [0.1, 0.15) is 0 Å². The minimum Gasteiger partial charge on any atom is -0.438 e. The average molecular weight is 212 g/mol. The summed E-state index contributed by atoms with van der Waals surface area (Å²) < 4.78 is 5.47. The molecule has 0 aromatic rings. The van der Waals surface area contributed by atoms with Gasteiger partial charge in [-0.2, -0.15) is 0 Å². The molecule has 0 aromatic heterocycles. The van der Waals surface area contributed by atoms with Crippen LogP contribution in [-0.4, -0.2) is 14.0 Å². The van der Waals surface area contributed by atoms with E-state index in [1.54, 1.807) is 0 Å². The zero-order valence-corrected chi connectivity index (χ0v) is 12.0. The van der Waals surface area contributed by atoms with Gasteiger partial charge in [-0.3, -0.25) is 0 Å². The predicted molar refractivity (Wildman–Crippen MR) is 70.5 cm³/mol. The fraction of sp³-hybridized carbons (Fsp3) is 1.00. The van der Waals surface area contributed by atoms with Crippen molar-refractivity contribution in [3.8, 4) is 0 Å². The van der Waals surface area contributed by atoms with E-state index in [1.165, 1.54) is 12.8 Å². The van der Waals surface area contributed by atoms with Crippen LogP contribution >= 0.6 is 0 Å². The Morgan fingerprint density at radius 2 is 1.67 bits per heavy atom. The van der Waals surface area contributed by atoms with Gasteiger partial charge in [0.05, 0.1) is 0 Å². The number of hydrogen-bond acceptors (Lipinski definition) is 1. The van der Waals surface area contributed by atoms with Crippen molar-refractivity contribution in [1.29, 1.82) is 0 Å². The Morgan fingerprint density at radius 3 is 2.00 bits per heavy atom. The Morgan fingerprint density at radius 1 is 1.20 bits per heavy atom. The third-order valence-corrected chi connectivity index (χ3v) is 4.83. The van der Waals surface area contributed by atoms with E-state index in [1.807, 2.05) is 7.11 Å². The van der Waals surface area contributed by atoms with Crippen LogP contribution in [0, 0.1) is 10.8 Å². The summed E-state index contributed by atoms with van der Waals surface area (Å²) in [4.78, 5) is 0. The van der Waals surface area contributed by atoms with E-state index in [0.29, 0.717) is 23.6 Å². The zero-order valence-electron chi connectivity index (χ0n) is 12.0. The normalized spacial score (nSPS) is 15.2. The molecule has 0 radical (unpaired) electrons. The fourth-order valence-electron chi connectivity index (χ4n) is 2.35. The molecular formula is C13H29BO. The molecule has 0 saturated heterocycles. The first-order chi connectivity index (χ1) is 6.70. The maximum atomic E-state index is 5.47. The molecular weight excluding hydrogens is 183 g/mol. The second-order valence-electron chi connectivity index (χ2n) is 6.09. The molecule has 15 heavy (non-hydrogen) atoms. The molecule has 0 aromatic carbocycles. The van der Waals surface area contributed by atoms with Gasteiger partial charge in [0.25, 0.3) is 6.92 Å². The van der Waals surface area contributed by atoms with Crippen molar-refractivity contribution in [2.24, 2.45) is 10.8 Å². The van der Waals surface area contributed by atoms with Gasteiger partial charge in [0, 0.05) is 7.11 Å². The second kappa shape index (κ2) is 5.38. The van der Waals surface area contributed by atoms with Gasteiger partial charge in [-0.15, -0.1) is 0 Å². The Bertz CT molecular complexity index is 187. The summed E-state index contributed by atoms with van der Waals surface area (Å²) in [5.41, 5.74) is 0.673. The molecule has 0 spiro atoms. The maximum absolute atomic E-state index is 5.47. The summed E-state index contributed by atoms with van der Waals surface area (Å²) in [6.45, 7) is 16.6. The third-order valence-electron chi connectivity index (χ3n) is 4.83. The standard InChI is InChI=1S/C13H29BO/c1-9-10-12(3,4)13(5,6)11(2)14(7)15-8/h11H,9-10H2,1-8H3. The lowest BCUT2D eigenvalue weighted by Gasteiger charge is -2.47. The predicted octanol–water partition coefficient (Wildman–Crippen LogP) is 4.50. The van der Waals surface area contributed by atoms with Crippen LogP contribution in [0.15, 0.2) is 0 Å². The van der Waals surface area contributed by atoms with Crippen LogP contribution in [-0.2, 0) is 4.65 Å². The van der Waals surface area contributed by atoms with Crippen molar-refractivity contribution < 1.29 is 4.65 Å². The molecule has 2 heteroatoms. The number of hydrogen-bond donors (Lipinski definition) is 0. The molecule has 0 aliphatic carbocycles. The lowest BCUT2D eigenvalue weighted by Crippen LogP contribution is -2.41. The summed E-state index contributed by atoms with van der Waals surface area (Å²) >= 11 is 0. The molecule has 0 aliphatic heterocycles. The Balaban J connectivity index is 4.78. The van der Waals surface area contributed by atoms with Gasteiger partial charge < -0.3 is 4.65 Å². The fourth-order valence-corrected chi connectivity index (χ4v) is 2.35. The van der Waals surface area contributed by atoms with E-state index in [0.717, 1.165) is 0 Å². The van der Waals surface area contributed by atoms with E-state index >= 15 is 0 Å². The van der Waals surface area contributed by atoms with Crippen molar-refractivity contribution in [1.82, 2.24) is 0 Å². The molecule has 1 atom stereocenters. The van der Waals surface area contributed by atoms with Gasteiger partial charge in [-0.25, -0.2) is 0 Å². The first kappa shape index (κ1) is 15.0. The quantitative estimate of drug-likeness (QED) is 0.589. The SMILES string of the molecule is CCCC(C)(C)C(C)(C)C(C)B(C)OC. The molecule has 0 N–H and O–H groups in total. The zero-order chi connectivity index (χ0) is 12.3. The highest BCUT2D eigenvalue weighted by Crippen LogP contribution is 2.50. The van der Waals surface area contributed by atoms with Crippen LogP contribution in [0.5, 0.6) is 0 Å². The van der Waals surface area contributed by atoms with Crippen LogP contribution < -0.4 is 0 Å². The van der Waals surface area contributed by atoms with Crippen molar-refractivity contribution >= 4 is 6.92 Å². The van der Waals surface area contributed by atoms with Crippen molar-refractivity contribution in [3.05, 3.63) is 0 Å². The molecule has 90 valence electrons. The van der Waals surface area contributed by atoms with Crippen molar-refractivity contribution in [3.63, 3.8) is 0 Å². The minimum absolute atomic E-state index is 0.304. The number of rotatable bonds is 6. The maximum Gasteiger partial charge on any atom is 0.292 e. The molecule has 0 amide bonds. The highest BCUT2D eigenvalue weighted by Gasteiger charge is 2.43. The van der Waals surface area contributed by atoms with Crippen molar-refractivity contribution in [2.75, 3.05) is 7.11 Å². The van der Waals surface area contributed by atoms with Crippen LogP contribution in [0.1, 0.15) is 54.4 Å². The van der Waals surface area contributed by atoms with Crippen LogP contribution in [0.25, 0.3) is 0 Å². The van der Waals surface area contributed by atoms with Crippen molar-refractivity contribution in [2.45, 2.75) is 67.0 Å². The van der Waals surface area contributed by atoms with Crippen LogP contribution in [0.2, 0.25) is 12.6 Å². The Kier molecular flexibility index (Phi) is 5.39. The van der Waals surface area contributed by atoms with E-state index in [-0.39, 0.29) is 0 Å². The topological polar surface area (TPSA) is 9.23 Å². The first-order valence-electron chi connectivity index (χ1n) is 6.23. The lowest BCUT2D eigenvalue weighted by atomic mass is 9.44. The molecule has 0 saturated carbocycles. The van der Waals surface area contributed by atoms with Gasteiger partial charge in [0.2, 0.25) is 0 Å². The van der Waals surface area contributed by atoms with E-state index in [2.05, 4.69) is 48.4 Å². The molecule has 1 nitrogen and oxygen atoms in total. The van der Waals surface area contributed by atoms with Crippen LogP contribution in [0.3, 0.4) is 0 Å². The summed E-state index contributed by atoms with van der Waals surface area (Å²) in [6.07, 6.45) is 2.53. The van der Waals surface area contributed by atoms with Gasteiger partial charge >= 0.3 is 0 Å². The average Bonchev–Trinajstić information content (AvgIpc) is 2.15. The van der Waals surface area contributed by atoms with E-state index < -0.39 is 0 Å². The van der Waals surface area contributed by atoms with Gasteiger partial charge in [0.15, 0.2) is 0 Å². The summed E-state index contributed by atoms with van der Waals surface area (Å²) in [5.74, 6) is 0.573. The molecule has 0 fully saturated rings. The van der Waals surface area contributed by atoms with E-state index in [4.69, 9.17) is 4.65 Å². The van der Waals surface area contributed by atoms with Gasteiger partial charge in [-0.1, -0.05) is 54.8 Å².